The Morgan fingerprint density at radius 2 is 1.64 bits per heavy atom. The molecule has 0 atom stereocenters. The van der Waals surface area contributed by atoms with E-state index in [0.717, 1.165) is 17.0 Å². The van der Waals surface area contributed by atoms with Crippen molar-refractivity contribution in [2.75, 3.05) is 17.2 Å². The summed E-state index contributed by atoms with van der Waals surface area (Å²) in [5.41, 5.74) is 1.51. The number of anilines is 1. The van der Waals surface area contributed by atoms with E-state index < -0.39 is 0 Å². The summed E-state index contributed by atoms with van der Waals surface area (Å²) >= 11 is 7.34. The zero-order valence-electron chi connectivity index (χ0n) is 15.2. The molecule has 0 spiro atoms. The SMILES string of the molecule is Oc1ccccc1CN(C(=S)NCCSc1ccccc1)c1ccc(F)cc1. The van der Waals surface area contributed by atoms with Crippen molar-refractivity contribution in [2.45, 2.75) is 11.4 Å². The molecule has 0 amide bonds. The first-order valence-electron chi connectivity index (χ1n) is 8.89. The van der Waals surface area contributed by atoms with Crippen molar-refractivity contribution in [3.05, 3.63) is 90.2 Å². The van der Waals surface area contributed by atoms with E-state index >= 15 is 0 Å². The average Bonchev–Trinajstić information content (AvgIpc) is 2.72. The third kappa shape index (κ3) is 5.71. The summed E-state index contributed by atoms with van der Waals surface area (Å²) in [6, 6.07) is 23.5. The van der Waals surface area contributed by atoms with Crippen LogP contribution in [0, 0.1) is 5.82 Å². The highest BCUT2D eigenvalue weighted by molar-refractivity contribution is 7.99. The minimum Gasteiger partial charge on any atom is -0.508 e. The molecule has 6 heteroatoms. The van der Waals surface area contributed by atoms with Crippen LogP contribution in [0.2, 0.25) is 0 Å². The minimum absolute atomic E-state index is 0.206. The second-order valence-corrected chi connectivity index (χ2v) is 7.64. The van der Waals surface area contributed by atoms with Crippen molar-refractivity contribution >= 4 is 34.8 Å². The number of nitrogens with zero attached hydrogens (tertiary/aromatic N) is 1. The van der Waals surface area contributed by atoms with E-state index in [-0.39, 0.29) is 11.6 Å². The fourth-order valence-corrected chi connectivity index (χ4v) is 3.72. The fourth-order valence-electron chi connectivity index (χ4n) is 2.66. The number of hydrogen-bond donors (Lipinski definition) is 2. The third-order valence-corrected chi connectivity index (χ3v) is 5.47. The van der Waals surface area contributed by atoms with Crippen molar-refractivity contribution in [1.82, 2.24) is 5.32 Å². The largest absolute Gasteiger partial charge is 0.508 e. The van der Waals surface area contributed by atoms with Gasteiger partial charge in [0.25, 0.3) is 0 Å². The standard InChI is InChI=1S/C22H21FN2OS2/c23-18-10-12-19(13-11-18)25(16-17-6-4-5-9-21(17)26)22(27)24-14-15-28-20-7-2-1-3-8-20/h1-13,26H,14-16H2,(H,24,27). The number of aromatic hydroxyl groups is 1. The summed E-state index contributed by atoms with van der Waals surface area (Å²) < 4.78 is 13.3. The monoisotopic (exact) mass is 412 g/mol. The predicted molar refractivity (Wildman–Crippen MR) is 118 cm³/mol. The molecule has 0 bridgehead atoms. The van der Waals surface area contributed by atoms with Crippen LogP contribution in [-0.4, -0.2) is 22.5 Å². The van der Waals surface area contributed by atoms with Crippen molar-refractivity contribution in [1.29, 1.82) is 0 Å². The Hall–Kier alpha value is -2.57. The van der Waals surface area contributed by atoms with Crippen LogP contribution < -0.4 is 10.2 Å². The van der Waals surface area contributed by atoms with Crippen LogP contribution in [0.15, 0.2) is 83.8 Å². The molecular formula is C22H21FN2OS2. The van der Waals surface area contributed by atoms with Gasteiger partial charge in [0.05, 0.1) is 6.54 Å². The van der Waals surface area contributed by atoms with Crippen molar-refractivity contribution in [2.24, 2.45) is 0 Å². The van der Waals surface area contributed by atoms with Crippen LogP contribution in [-0.2, 0) is 6.54 Å². The second kappa shape index (κ2) is 10.1. The van der Waals surface area contributed by atoms with Crippen LogP contribution in [0.4, 0.5) is 10.1 Å². The zero-order valence-corrected chi connectivity index (χ0v) is 16.8. The number of phenols is 1. The Bertz CT molecular complexity index is 904. The van der Waals surface area contributed by atoms with E-state index in [1.807, 2.05) is 35.2 Å². The highest BCUT2D eigenvalue weighted by Crippen LogP contribution is 2.23. The van der Waals surface area contributed by atoms with Crippen LogP contribution in [0.5, 0.6) is 5.75 Å². The minimum atomic E-state index is -0.301. The summed E-state index contributed by atoms with van der Waals surface area (Å²) in [5.74, 6) is 0.763. The molecule has 3 aromatic rings. The van der Waals surface area contributed by atoms with Gasteiger partial charge in [-0.1, -0.05) is 36.4 Å². The van der Waals surface area contributed by atoms with Crippen LogP contribution >= 0.6 is 24.0 Å². The molecule has 3 aromatic carbocycles. The molecule has 0 radical (unpaired) electrons. The normalized spacial score (nSPS) is 10.5. The average molecular weight is 413 g/mol. The molecule has 0 heterocycles. The zero-order chi connectivity index (χ0) is 19.8. The molecule has 0 aliphatic heterocycles. The van der Waals surface area contributed by atoms with Gasteiger partial charge in [0.15, 0.2) is 5.11 Å². The lowest BCUT2D eigenvalue weighted by Crippen LogP contribution is -2.40. The summed E-state index contributed by atoms with van der Waals surface area (Å²) in [5, 5.41) is 13.9. The first kappa shape index (κ1) is 20.2. The summed E-state index contributed by atoms with van der Waals surface area (Å²) in [6.07, 6.45) is 0. The van der Waals surface area contributed by atoms with Gasteiger partial charge in [-0.15, -0.1) is 11.8 Å². The highest BCUT2D eigenvalue weighted by atomic mass is 32.2. The molecule has 2 N–H and O–H groups in total. The Balaban J connectivity index is 1.66. The molecule has 0 aromatic heterocycles. The Labute approximate surface area is 174 Å². The molecular weight excluding hydrogens is 391 g/mol. The van der Waals surface area contributed by atoms with Gasteiger partial charge in [-0.3, -0.25) is 0 Å². The van der Waals surface area contributed by atoms with E-state index in [0.29, 0.717) is 18.2 Å². The maximum absolute atomic E-state index is 13.3. The summed E-state index contributed by atoms with van der Waals surface area (Å²) in [4.78, 5) is 3.07. The lowest BCUT2D eigenvalue weighted by atomic mass is 10.2. The van der Waals surface area contributed by atoms with E-state index in [1.54, 1.807) is 36.0 Å². The van der Waals surface area contributed by atoms with Crippen molar-refractivity contribution < 1.29 is 9.50 Å². The number of hydrogen-bond acceptors (Lipinski definition) is 3. The van der Waals surface area contributed by atoms with Crippen LogP contribution in [0.1, 0.15) is 5.56 Å². The van der Waals surface area contributed by atoms with Gasteiger partial charge in [0.1, 0.15) is 11.6 Å². The van der Waals surface area contributed by atoms with Gasteiger partial charge < -0.3 is 15.3 Å². The topological polar surface area (TPSA) is 35.5 Å². The number of rotatable bonds is 7. The van der Waals surface area contributed by atoms with Crippen molar-refractivity contribution in [3.63, 3.8) is 0 Å². The molecule has 3 nitrogen and oxygen atoms in total. The quantitative estimate of drug-likeness (QED) is 0.317. The number of benzene rings is 3. The first-order chi connectivity index (χ1) is 13.6. The van der Waals surface area contributed by atoms with Crippen LogP contribution in [0.25, 0.3) is 0 Å². The lowest BCUT2D eigenvalue weighted by molar-refractivity contribution is 0.468. The Morgan fingerprint density at radius 3 is 2.36 bits per heavy atom. The fraction of sp³-hybridized carbons (Fsp3) is 0.136. The van der Waals surface area contributed by atoms with E-state index in [4.69, 9.17) is 12.2 Å². The molecule has 0 aliphatic rings. The maximum atomic E-state index is 13.3. The van der Waals surface area contributed by atoms with Crippen LogP contribution in [0.3, 0.4) is 0 Å². The van der Waals surface area contributed by atoms with Gasteiger partial charge >= 0.3 is 0 Å². The molecule has 0 saturated heterocycles. The predicted octanol–water partition coefficient (Wildman–Crippen LogP) is 5.20. The van der Waals surface area contributed by atoms with E-state index in [1.165, 1.54) is 17.0 Å². The maximum Gasteiger partial charge on any atom is 0.173 e. The number of halogens is 1. The smallest absolute Gasteiger partial charge is 0.173 e. The number of para-hydroxylation sites is 1. The molecule has 0 aliphatic carbocycles. The highest BCUT2D eigenvalue weighted by Gasteiger charge is 2.14. The summed E-state index contributed by atoms with van der Waals surface area (Å²) in [7, 11) is 0. The lowest BCUT2D eigenvalue weighted by Gasteiger charge is -2.26. The number of thioether (sulfide) groups is 1. The van der Waals surface area contributed by atoms with Gasteiger partial charge in [-0.25, -0.2) is 4.39 Å². The molecule has 0 unspecified atom stereocenters. The summed E-state index contributed by atoms with van der Waals surface area (Å²) in [6.45, 7) is 1.08. The third-order valence-electron chi connectivity index (χ3n) is 4.09. The van der Waals surface area contributed by atoms with Gasteiger partial charge in [0.2, 0.25) is 0 Å². The number of thiocarbonyl (C=S) groups is 1. The molecule has 0 saturated carbocycles. The van der Waals surface area contributed by atoms with E-state index in [2.05, 4.69) is 17.4 Å². The van der Waals surface area contributed by atoms with Gasteiger partial charge in [-0.2, -0.15) is 0 Å². The van der Waals surface area contributed by atoms with Gasteiger partial charge in [0, 0.05) is 28.4 Å². The molecule has 0 fully saturated rings. The number of nitrogens with one attached hydrogen (secondary N) is 1. The molecule has 28 heavy (non-hydrogen) atoms. The Morgan fingerprint density at radius 1 is 0.964 bits per heavy atom. The second-order valence-electron chi connectivity index (χ2n) is 6.08. The van der Waals surface area contributed by atoms with Crippen molar-refractivity contribution in [3.8, 4) is 5.75 Å². The van der Waals surface area contributed by atoms with Gasteiger partial charge in [-0.05, 0) is 54.7 Å². The Kier molecular flexibility index (Phi) is 7.28. The number of phenolic OH excluding ortho intramolecular Hbond substituents is 1. The molecule has 3 rings (SSSR count). The molecule has 144 valence electrons. The van der Waals surface area contributed by atoms with E-state index in [9.17, 15) is 9.50 Å². The first-order valence-corrected chi connectivity index (χ1v) is 10.3.